The number of rotatable bonds is 6. The number of nitrogens with one attached hydrogen (secondary N) is 1. The van der Waals surface area contributed by atoms with Crippen molar-refractivity contribution < 1.29 is 18.7 Å². The van der Waals surface area contributed by atoms with Crippen molar-refractivity contribution in [2.24, 2.45) is 0 Å². The molecule has 0 fully saturated rings. The van der Waals surface area contributed by atoms with Gasteiger partial charge in [-0.3, -0.25) is 0 Å². The molecule has 0 bridgehead atoms. The molecule has 0 radical (unpaired) electrons. The van der Waals surface area contributed by atoms with Gasteiger partial charge in [-0.15, -0.1) is 0 Å². The highest BCUT2D eigenvalue weighted by Gasteiger charge is 2.15. The molecule has 0 amide bonds. The van der Waals surface area contributed by atoms with Crippen molar-refractivity contribution in [3.8, 4) is 5.75 Å². The average molecular weight is 275 g/mol. The van der Waals surface area contributed by atoms with Crippen molar-refractivity contribution in [2.75, 3.05) is 14.2 Å². The van der Waals surface area contributed by atoms with E-state index in [1.165, 1.54) is 13.4 Å². The summed E-state index contributed by atoms with van der Waals surface area (Å²) in [4.78, 5) is 11.5. The number of esters is 1. The molecule has 20 heavy (non-hydrogen) atoms. The lowest BCUT2D eigenvalue weighted by molar-refractivity contribution is 0.0563. The molecule has 0 atom stereocenters. The summed E-state index contributed by atoms with van der Waals surface area (Å²) in [5, 5.41) is 3.25. The molecule has 106 valence electrons. The molecule has 0 saturated carbocycles. The van der Waals surface area contributed by atoms with E-state index in [4.69, 9.17) is 9.15 Å². The van der Waals surface area contributed by atoms with Gasteiger partial charge in [0.05, 0.1) is 20.5 Å². The van der Waals surface area contributed by atoms with Crippen LogP contribution in [0.3, 0.4) is 0 Å². The number of benzene rings is 1. The second-order valence-corrected chi connectivity index (χ2v) is 4.22. The van der Waals surface area contributed by atoms with Gasteiger partial charge in [-0.25, -0.2) is 4.79 Å². The summed E-state index contributed by atoms with van der Waals surface area (Å²) < 4.78 is 14.9. The fraction of sp³-hybridized carbons (Fsp3) is 0.267. The molecular formula is C15H17NO4. The molecule has 5 heteroatoms. The summed E-state index contributed by atoms with van der Waals surface area (Å²) in [7, 11) is 2.97. The minimum Gasteiger partial charge on any atom is -0.497 e. The number of carbonyl (C=O) groups is 1. The first-order chi connectivity index (χ1) is 9.74. The van der Waals surface area contributed by atoms with Crippen LogP contribution in [0.15, 0.2) is 41.0 Å². The third kappa shape index (κ3) is 3.39. The van der Waals surface area contributed by atoms with Gasteiger partial charge in [0.1, 0.15) is 5.75 Å². The average Bonchev–Trinajstić information content (AvgIpc) is 2.95. The lowest BCUT2D eigenvalue weighted by atomic mass is 10.2. The quantitative estimate of drug-likeness (QED) is 0.820. The Morgan fingerprint density at radius 2 is 2.10 bits per heavy atom. The number of ether oxygens (including phenoxy) is 2. The van der Waals surface area contributed by atoms with Crippen LogP contribution in [0.1, 0.15) is 21.7 Å². The summed E-state index contributed by atoms with van der Waals surface area (Å²) >= 11 is 0. The highest BCUT2D eigenvalue weighted by Crippen LogP contribution is 2.14. The van der Waals surface area contributed by atoms with E-state index in [0.29, 0.717) is 13.1 Å². The fourth-order valence-electron chi connectivity index (χ4n) is 1.87. The van der Waals surface area contributed by atoms with Crippen molar-refractivity contribution in [2.45, 2.75) is 13.1 Å². The van der Waals surface area contributed by atoms with Crippen LogP contribution in [-0.2, 0) is 17.8 Å². The van der Waals surface area contributed by atoms with Crippen molar-refractivity contribution in [1.29, 1.82) is 0 Å². The van der Waals surface area contributed by atoms with E-state index >= 15 is 0 Å². The van der Waals surface area contributed by atoms with Gasteiger partial charge in [-0.2, -0.15) is 0 Å². The van der Waals surface area contributed by atoms with Crippen LogP contribution in [0, 0.1) is 0 Å². The highest BCUT2D eigenvalue weighted by atomic mass is 16.5. The van der Waals surface area contributed by atoms with E-state index in [9.17, 15) is 4.79 Å². The maximum Gasteiger partial charge on any atom is 0.374 e. The topological polar surface area (TPSA) is 60.7 Å². The standard InChI is InChI=1S/C15H17NO4/c1-18-13-5-3-4-11(8-13)9-16-10-12-6-7-20-14(12)15(17)19-2/h3-8,16H,9-10H2,1-2H3. The lowest BCUT2D eigenvalue weighted by Crippen LogP contribution is -2.14. The van der Waals surface area contributed by atoms with Gasteiger partial charge in [-0.1, -0.05) is 12.1 Å². The smallest absolute Gasteiger partial charge is 0.374 e. The van der Waals surface area contributed by atoms with Crippen molar-refractivity contribution in [1.82, 2.24) is 5.32 Å². The molecule has 1 heterocycles. The zero-order valence-corrected chi connectivity index (χ0v) is 11.5. The molecule has 5 nitrogen and oxygen atoms in total. The van der Waals surface area contributed by atoms with E-state index in [2.05, 4.69) is 10.1 Å². The van der Waals surface area contributed by atoms with E-state index in [1.54, 1.807) is 13.2 Å². The predicted octanol–water partition coefficient (Wildman–Crippen LogP) is 2.36. The SMILES string of the molecule is COC(=O)c1occc1CNCc1cccc(OC)c1. The van der Waals surface area contributed by atoms with Gasteiger partial charge in [-0.05, 0) is 23.8 Å². The number of hydrogen-bond acceptors (Lipinski definition) is 5. The minimum absolute atomic E-state index is 0.241. The molecule has 2 aromatic rings. The Labute approximate surface area is 117 Å². The van der Waals surface area contributed by atoms with E-state index in [-0.39, 0.29) is 5.76 Å². The molecular weight excluding hydrogens is 258 g/mol. The zero-order chi connectivity index (χ0) is 14.4. The predicted molar refractivity (Wildman–Crippen MR) is 73.6 cm³/mol. The number of methoxy groups -OCH3 is 2. The molecule has 0 aliphatic rings. The molecule has 0 saturated heterocycles. The maximum atomic E-state index is 11.5. The van der Waals surface area contributed by atoms with E-state index in [1.807, 2.05) is 24.3 Å². The molecule has 1 N–H and O–H groups in total. The molecule has 0 aliphatic carbocycles. The van der Waals surface area contributed by atoms with Crippen LogP contribution >= 0.6 is 0 Å². The lowest BCUT2D eigenvalue weighted by Gasteiger charge is -2.06. The zero-order valence-electron chi connectivity index (χ0n) is 11.5. The normalized spacial score (nSPS) is 10.3. The van der Waals surface area contributed by atoms with Gasteiger partial charge in [0.25, 0.3) is 0 Å². The minimum atomic E-state index is -0.465. The molecule has 0 aliphatic heterocycles. The molecule has 0 unspecified atom stereocenters. The Hall–Kier alpha value is -2.27. The molecule has 1 aromatic carbocycles. The molecule has 0 spiro atoms. The summed E-state index contributed by atoms with van der Waals surface area (Å²) in [5.74, 6) is 0.599. The maximum absolute atomic E-state index is 11.5. The fourth-order valence-corrected chi connectivity index (χ4v) is 1.87. The Morgan fingerprint density at radius 3 is 2.85 bits per heavy atom. The van der Waals surface area contributed by atoms with E-state index in [0.717, 1.165) is 16.9 Å². The van der Waals surface area contributed by atoms with Crippen LogP contribution in [-0.4, -0.2) is 20.2 Å². The number of hydrogen-bond donors (Lipinski definition) is 1. The van der Waals surface area contributed by atoms with Gasteiger partial charge in [0.15, 0.2) is 0 Å². The third-order valence-electron chi connectivity index (χ3n) is 2.90. The number of carbonyl (C=O) groups excluding carboxylic acids is 1. The van der Waals surface area contributed by atoms with E-state index < -0.39 is 5.97 Å². The molecule has 1 aromatic heterocycles. The Kier molecular flexibility index (Phi) is 4.79. The van der Waals surface area contributed by atoms with Gasteiger partial charge < -0.3 is 19.2 Å². The summed E-state index contributed by atoms with van der Waals surface area (Å²) in [5.41, 5.74) is 1.88. The summed E-state index contributed by atoms with van der Waals surface area (Å²) in [6, 6.07) is 9.56. The van der Waals surface area contributed by atoms with Gasteiger partial charge in [0, 0.05) is 18.7 Å². The second-order valence-electron chi connectivity index (χ2n) is 4.22. The highest BCUT2D eigenvalue weighted by molar-refractivity contribution is 5.87. The Bertz CT molecular complexity index is 577. The van der Waals surface area contributed by atoms with Crippen molar-refractivity contribution in [3.05, 3.63) is 53.5 Å². The van der Waals surface area contributed by atoms with Crippen LogP contribution in [0.4, 0.5) is 0 Å². The summed E-state index contributed by atoms with van der Waals surface area (Å²) in [6.07, 6.45) is 1.48. The van der Waals surface area contributed by atoms with Gasteiger partial charge >= 0.3 is 5.97 Å². The first-order valence-corrected chi connectivity index (χ1v) is 6.23. The van der Waals surface area contributed by atoms with Gasteiger partial charge in [0.2, 0.25) is 5.76 Å². The van der Waals surface area contributed by atoms with Crippen LogP contribution in [0.5, 0.6) is 5.75 Å². The third-order valence-corrected chi connectivity index (χ3v) is 2.90. The van der Waals surface area contributed by atoms with Crippen LogP contribution < -0.4 is 10.1 Å². The Balaban J connectivity index is 1.93. The van der Waals surface area contributed by atoms with Crippen LogP contribution in [0.25, 0.3) is 0 Å². The second kappa shape index (κ2) is 6.77. The van der Waals surface area contributed by atoms with Crippen molar-refractivity contribution >= 4 is 5.97 Å². The Morgan fingerprint density at radius 1 is 1.25 bits per heavy atom. The van der Waals surface area contributed by atoms with Crippen LogP contribution in [0.2, 0.25) is 0 Å². The largest absolute Gasteiger partial charge is 0.497 e. The first kappa shape index (κ1) is 14.1. The first-order valence-electron chi connectivity index (χ1n) is 6.23. The molecule has 2 rings (SSSR count). The number of furan rings is 1. The monoisotopic (exact) mass is 275 g/mol. The van der Waals surface area contributed by atoms with Crippen molar-refractivity contribution in [3.63, 3.8) is 0 Å². The summed E-state index contributed by atoms with van der Waals surface area (Å²) in [6.45, 7) is 1.20.